The van der Waals surface area contributed by atoms with Gasteiger partial charge in [-0.25, -0.2) is 0 Å². The van der Waals surface area contributed by atoms with Gasteiger partial charge in [0, 0.05) is 63.1 Å². The average Bonchev–Trinajstić information content (AvgIpc) is 3.52. The quantitative estimate of drug-likeness (QED) is 0.192. The van der Waals surface area contributed by atoms with E-state index in [-0.39, 0.29) is 10.8 Å². The molecular formula is C46H34N4. The molecule has 0 saturated carbocycles. The van der Waals surface area contributed by atoms with Crippen LogP contribution in [0.25, 0.3) is 77.7 Å². The van der Waals surface area contributed by atoms with Crippen LogP contribution < -0.4 is 0 Å². The minimum Gasteiger partial charge on any atom is -0.256 e. The van der Waals surface area contributed by atoms with Crippen molar-refractivity contribution >= 4 is 21.8 Å². The van der Waals surface area contributed by atoms with Crippen molar-refractivity contribution in [2.24, 2.45) is 0 Å². The first kappa shape index (κ1) is 29.0. The van der Waals surface area contributed by atoms with Gasteiger partial charge in [0.15, 0.2) is 0 Å². The zero-order chi connectivity index (χ0) is 33.8. The van der Waals surface area contributed by atoms with Gasteiger partial charge in [-0.3, -0.25) is 19.9 Å². The molecule has 4 heteroatoms. The van der Waals surface area contributed by atoms with Crippen molar-refractivity contribution in [2.75, 3.05) is 0 Å². The lowest BCUT2D eigenvalue weighted by Gasteiger charge is -2.24. The van der Waals surface area contributed by atoms with Crippen molar-refractivity contribution < 1.29 is 0 Å². The fraction of sp³-hybridized carbons (Fsp3) is 0.130. The highest BCUT2D eigenvalue weighted by molar-refractivity contribution is 6.00. The maximum atomic E-state index is 5.26. The van der Waals surface area contributed by atoms with Crippen molar-refractivity contribution in [1.29, 1.82) is 0 Å². The zero-order valence-electron chi connectivity index (χ0n) is 28.5. The predicted molar refractivity (Wildman–Crippen MR) is 204 cm³/mol. The number of benzene rings is 4. The first-order chi connectivity index (χ1) is 24.3. The maximum absolute atomic E-state index is 5.26. The second-order valence-corrected chi connectivity index (χ2v) is 14.8. The van der Waals surface area contributed by atoms with Crippen molar-refractivity contribution in [3.05, 3.63) is 156 Å². The van der Waals surface area contributed by atoms with Crippen LogP contribution in [0.2, 0.25) is 0 Å². The van der Waals surface area contributed by atoms with Gasteiger partial charge in [0.2, 0.25) is 0 Å². The average molecular weight is 643 g/mol. The van der Waals surface area contributed by atoms with E-state index >= 15 is 0 Å². The summed E-state index contributed by atoms with van der Waals surface area (Å²) < 4.78 is 0. The minimum absolute atomic E-state index is 0.119. The number of para-hydroxylation sites is 2. The molecule has 8 aromatic rings. The number of pyridine rings is 4. The molecule has 10 rings (SSSR count). The highest BCUT2D eigenvalue weighted by atomic mass is 14.7. The van der Waals surface area contributed by atoms with Crippen molar-refractivity contribution in [3.63, 3.8) is 0 Å². The van der Waals surface area contributed by atoms with E-state index in [1.807, 2.05) is 30.7 Å². The molecule has 0 atom stereocenters. The third-order valence-electron chi connectivity index (χ3n) is 11.2. The van der Waals surface area contributed by atoms with Crippen LogP contribution in [-0.4, -0.2) is 19.9 Å². The molecule has 0 unspecified atom stereocenters. The highest BCUT2D eigenvalue weighted by Crippen LogP contribution is 2.55. The SMILES string of the molecule is CC1(C)c2cc3c(cc2-c2ncccc21)C(C)(C)c1cc(-c2cc(-c4ccnc5ccccc45)cc(-c4ccnc5ccccc45)c2)cnc1-3. The molecule has 4 aromatic carbocycles. The first-order valence-corrected chi connectivity index (χ1v) is 17.3. The van der Waals surface area contributed by atoms with E-state index in [9.17, 15) is 0 Å². The van der Waals surface area contributed by atoms with Gasteiger partial charge in [-0.1, -0.05) is 70.2 Å². The zero-order valence-corrected chi connectivity index (χ0v) is 28.5. The Morgan fingerprint density at radius 1 is 0.380 bits per heavy atom. The number of hydrogen-bond acceptors (Lipinski definition) is 4. The van der Waals surface area contributed by atoms with Gasteiger partial charge in [-0.2, -0.15) is 0 Å². The lowest BCUT2D eigenvalue weighted by Crippen LogP contribution is -2.17. The molecule has 50 heavy (non-hydrogen) atoms. The van der Waals surface area contributed by atoms with Crippen LogP contribution in [-0.2, 0) is 10.8 Å². The third kappa shape index (κ3) is 4.05. The fourth-order valence-corrected chi connectivity index (χ4v) is 8.55. The van der Waals surface area contributed by atoms with E-state index in [4.69, 9.17) is 9.97 Å². The molecule has 238 valence electrons. The molecule has 0 fully saturated rings. The summed E-state index contributed by atoms with van der Waals surface area (Å²) in [7, 11) is 0. The van der Waals surface area contributed by atoms with Crippen molar-refractivity contribution in [1.82, 2.24) is 19.9 Å². The standard InChI is InChI=1S/C46H34N4/c1-45(2)37-12-9-17-49-43(37)35-24-39-36(25-38(35)45)44-40(46(39,3)4)23-30(26-50-44)27-20-28(31-15-18-47-41-13-7-5-10-33(31)41)22-29(21-27)32-16-19-48-42-14-8-6-11-34(32)42/h5-26H,1-4H3. The van der Waals surface area contributed by atoms with Crippen molar-refractivity contribution in [3.8, 4) is 55.9 Å². The van der Waals surface area contributed by atoms with Gasteiger partial charge in [-0.15, -0.1) is 0 Å². The van der Waals surface area contributed by atoms with Crippen LogP contribution in [0.4, 0.5) is 0 Å². The molecule has 0 spiro atoms. The van der Waals surface area contributed by atoms with E-state index in [1.54, 1.807) is 0 Å². The molecule has 2 aliphatic rings. The third-order valence-corrected chi connectivity index (χ3v) is 11.2. The lowest BCUT2D eigenvalue weighted by molar-refractivity contribution is 0.651. The van der Waals surface area contributed by atoms with E-state index in [2.05, 4.69) is 141 Å². The monoisotopic (exact) mass is 642 g/mol. The normalized spacial score (nSPS) is 14.7. The topological polar surface area (TPSA) is 51.6 Å². The summed E-state index contributed by atoms with van der Waals surface area (Å²) in [5.74, 6) is 0. The molecule has 4 nitrogen and oxygen atoms in total. The van der Waals surface area contributed by atoms with Gasteiger partial charge in [0.05, 0.1) is 22.4 Å². The number of fused-ring (bicyclic) bond motifs is 8. The molecule has 2 aliphatic carbocycles. The molecule has 4 aromatic heterocycles. The molecule has 0 aliphatic heterocycles. The molecular weight excluding hydrogens is 609 g/mol. The lowest BCUT2D eigenvalue weighted by atomic mass is 9.79. The summed E-state index contributed by atoms with van der Waals surface area (Å²) in [5.41, 5.74) is 18.3. The molecule has 4 heterocycles. The van der Waals surface area contributed by atoms with Crippen molar-refractivity contribution in [2.45, 2.75) is 38.5 Å². The summed E-state index contributed by atoms with van der Waals surface area (Å²) in [6, 6.07) is 39.4. The van der Waals surface area contributed by atoms with E-state index in [0.717, 1.165) is 66.6 Å². The van der Waals surface area contributed by atoms with E-state index < -0.39 is 0 Å². The molecule has 0 saturated heterocycles. The molecule has 0 N–H and O–H groups in total. The smallest absolute Gasteiger partial charge is 0.0746 e. The van der Waals surface area contributed by atoms with Crippen LogP contribution in [0.5, 0.6) is 0 Å². The van der Waals surface area contributed by atoms with Crippen LogP contribution in [0.15, 0.2) is 134 Å². The summed E-state index contributed by atoms with van der Waals surface area (Å²) in [6.45, 7) is 9.30. The maximum Gasteiger partial charge on any atom is 0.0746 e. The molecule has 0 bridgehead atoms. The van der Waals surface area contributed by atoms with Gasteiger partial charge >= 0.3 is 0 Å². The Kier molecular flexibility index (Phi) is 5.94. The number of rotatable bonds is 3. The van der Waals surface area contributed by atoms with Crippen LogP contribution in [0.1, 0.15) is 49.9 Å². The second kappa shape index (κ2) is 10.3. The summed E-state index contributed by atoms with van der Waals surface area (Å²) in [4.78, 5) is 19.4. The first-order valence-electron chi connectivity index (χ1n) is 17.3. The highest BCUT2D eigenvalue weighted by Gasteiger charge is 2.42. The van der Waals surface area contributed by atoms with Gasteiger partial charge in [0.25, 0.3) is 0 Å². The Bertz CT molecular complexity index is 2610. The minimum atomic E-state index is -0.229. The van der Waals surface area contributed by atoms with Crippen LogP contribution >= 0.6 is 0 Å². The summed E-state index contributed by atoms with van der Waals surface area (Å²) in [5, 5.41) is 2.27. The Morgan fingerprint density at radius 2 is 0.920 bits per heavy atom. The fourth-order valence-electron chi connectivity index (χ4n) is 8.55. The Labute approximate surface area is 291 Å². The summed E-state index contributed by atoms with van der Waals surface area (Å²) in [6.07, 6.45) is 7.80. The molecule has 0 amide bonds. The number of hydrogen-bond donors (Lipinski definition) is 0. The second-order valence-electron chi connectivity index (χ2n) is 14.8. The Balaban J connectivity index is 1.17. The van der Waals surface area contributed by atoms with Gasteiger partial charge in [0.1, 0.15) is 0 Å². The van der Waals surface area contributed by atoms with E-state index in [1.165, 1.54) is 33.4 Å². The van der Waals surface area contributed by atoms with Gasteiger partial charge < -0.3 is 0 Å². The molecule has 0 radical (unpaired) electrons. The van der Waals surface area contributed by atoms with Gasteiger partial charge in [-0.05, 0) is 117 Å². The summed E-state index contributed by atoms with van der Waals surface area (Å²) >= 11 is 0. The van der Waals surface area contributed by atoms with Crippen LogP contribution in [0.3, 0.4) is 0 Å². The number of nitrogens with zero attached hydrogens (tertiary/aromatic N) is 4. The largest absolute Gasteiger partial charge is 0.256 e. The van der Waals surface area contributed by atoms with E-state index in [0.29, 0.717) is 0 Å². The predicted octanol–water partition coefficient (Wildman–Crippen LogP) is 11.2. The van der Waals surface area contributed by atoms with Crippen LogP contribution in [0, 0.1) is 0 Å². The Morgan fingerprint density at radius 3 is 1.54 bits per heavy atom. The number of aromatic nitrogens is 4. The Hall–Kier alpha value is -6.00.